The summed E-state index contributed by atoms with van der Waals surface area (Å²) in [5.74, 6) is 0.404. The zero-order valence-corrected chi connectivity index (χ0v) is 12.5. The van der Waals surface area contributed by atoms with Crippen LogP contribution >= 0.6 is 11.6 Å². The molecule has 0 aromatic heterocycles. The Bertz CT molecular complexity index is 477. The second kappa shape index (κ2) is 6.95. The molecule has 4 nitrogen and oxygen atoms in total. The van der Waals surface area contributed by atoms with Gasteiger partial charge in [0.2, 0.25) is 0 Å². The Morgan fingerprint density at radius 2 is 2.35 bits per heavy atom. The second-order valence-corrected chi connectivity index (χ2v) is 5.77. The van der Waals surface area contributed by atoms with Crippen molar-refractivity contribution in [2.24, 2.45) is 5.92 Å². The van der Waals surface area contributed by atoms with Crippen molar-refractivity contribution in [3.63, 3.8) is 0 Å². The highest BCUT2D eigenvalue weighted by Crippen LogP contribution is 2.22. The van der Waals surface area contributed by atoms with E-state index in [1.54, 1.807) is 6.07 Å². The van der Waals surface area contributed by atoms with E-state index >= 15 is 0 Å². The average molecular weight is 297 g/mol. The number of amides is 2. The fraction of sp³-hybridized carbons (Fsp3) is 0.533. The van der Waals surface area contributed by atoms with Gasteiger partial charge >= 0.3 is 6.03 Å². The Morgan fingerprint density at radius 3 is 3.05 bits per heavy atom. The number of nitrogens with zero attached hydrogens (tertiary/aromatic N) is 1. The molecule has 2 rings (SSSR count). The minimum atomic E-state index is -0.0902. The molecule has 1 saturated heterocycles. The molecular weight excluding hydrogens is 276 g/mol. The van der Waals surface area contributed by atoms with Crippen LogP contribution < -0.4 is 5.32 Å². The first-order valence-corrected chi connectivity index (χ1v) is 7.41. The zero-order valence-electron chi connectivity index (χ0n) is 11.7. The number of piperidine rings is 1. The number of hydrogen-bond donors (Lipinski definition) is 2. The lowest BCUT2D eigenvalue weighted by Crippen LogP contribution is -2.42. The predicted octanol–water partition coefficient (Wildman–Crippen LogP) is 3.27. The maximum Gasteiger partial charge on any atom is 0.321 e. The highest BCUT2D eigenvalue weighted by Gasteiger charge is 2.23. The number of likely N-dealkylation sites (tertiary alicyclic amines) is 1. The number of aryl methyl sites for hydroxylation is 1. The van der Waals surface area contributed by atoms with Crippen LogP contribution in [0, 0.1) is 12.8 Å². The normalized spacial score (nSPS) is 18.9. The lowest BCUT2D eigenvalue weighted by Gasteiger charge is -2.32. The molecule has 1 aromatic carbocycles. The Kier molecular flexibility index (Phi) is 5.26. The third-order valence-corrected chi connectivity index (χ3v) is 4.17. The number of carbonyl (C=O) groups is 1. The van der Waals surface area contributed by atoms with Crippen LogP contribution in [0.2, 0.25) is 5.02 Å². The second-order valence-electron chi connectivity index (χ2n) is 5.36. The molecule has 1 heterocycles. The van der Waals surface area contributed by atoms with E-state index < -0.39 is 0 Å². The lowest BCUT2D eigenvalue weighted by molar-refractivity contribution is 0.159. The standard InChI is InChI=1S/C15H21ClN2O2/c1-11-4-5-13(9-14(11)16)17-15(20)18-7-2-3-12(10-18)6-8-19/h4-5,9,12,19H,2-3,6-8,10H2,1H3,(H,17,20). The van der Waals surface area contributed by atoms with Gasteiger partial charge < -0.3 is 15.3 Å². The maximum absolute atomic E-state index is 12.2. The molecule has 1 aliphatic heterocycles. The van der Waals surface area contributed by atoms with Crippen molar-refractivity contribution in [1.29, 1.82) is 0 Å². The SMILES string of the molecule is Cc1ccc(NC(=O)N2CCCC(CCO)C2)cc1Cl. The van der Waals surface area contributed by atoms with Gasteiger partial charge in [0.1, 0.15) is 0 Å². The summed E-state index contributed by atoms with van der Waals surface area (Å²) >= 11 is 6.05. The quantitative estimate of drug-likeness (QED) is 0.899. The van der Waals surface area contributed by atoms with Gasteiger partial charge in [-0.25, -0.2) is 4.79 Å². The van der Waals surface area contributed by atoms with Gasteiger partial charge in [0, 0.05) is 30.4 Å². The van der Waals surface area contributed by atoms with Crippen LogP contribution in [0.5, 0.6) is 0 Å². The molecule has 0 aliphatic carbocycles. The van der Waals surface area contributed by atoms with Gasteiger partial charge in [-0.05, 0) is 49.8 Å². The minimum absolute atomic E-state index is 0.0902. The van der Waals surface area contributed by atoms with Crippen LogP contribution in [0.25, 0.3) is 0 Å². The molecule has 0 radical (unpaired) electrons. The molecule has 0 saturated carbocycles. The molecule has 2 amide bonds. The minimum Gasteiger partial charge on any atom is -0.396 e. The molecule has 0 bridgehead atoms. The van der Waals surface area contributed by atoms with E-state index in [1.807, 2.05) is 24.0 Å². The summed E-state index contributed by atoms with van der Waals surface area (Å²) in [6, 6.07) is 5.42. The number of aliphatic hydroxyl groups excluding tert-OH is 1. The van der Waals surface area contributed by atoms with E-state index in [1.165, 1.54) is 0 Å². The summed E-state index contributed by atoms with van der Waals surface area (Å²) in [6.45, 7) is 3.60. The van der Waals surface area contributed by atoms with E-state index in [4.69, 9.17) is 16.7 Å². The number of urea groups is 1. The van der Waals surface area contributed by atoms with Gasteiger partial charge in [-0.15, -0.1) is 0 Å². The van der Waals surface area contributed by atoms with Gasteiger partial charge in [0.15, 0.2) is 0 Å². The van der Waals surface area contributed by atoms with Crippen molar-refractivity contribution in [3.05, 3.63) is 28.8 Å². The van der Waals surface area contributed by atoms with E-state index in [9.17, 15) is 4.79 Å². The number of nitrogens with one attached hydrogen (secondary N) is 1. The molecule has 1 fully saturated rings. The largest absolute Gasteiger partial charge is 0.396 e. The van der Waals surface area contributed by atoms with Gasteiger partial charge in [0.05, 0.1) is 0 Å². The first-order chi connectivity index (χ1) is 9.60. The van der Waals surface area contributed by atoms with Crippen LogP contribution in [-0.2, 0) is 0 Å². The summed E-state index contributed by atoms with van der Waals surface area (Å²) < 4.78 is 0. The third-order valence-electron chi connectivity index (χ3n) is 3.77. The lowest BCUT2D eigenvalue weighted by atomic mass is 9.95. The average Bonchev–Trinajstić information content (AvgIpc) is 2.43. The Labute approximate surface area is 124 Å². The van der Waals surface area contributed by atoms with E-state index in [2.05, 4.69) is 5.32 Å². The first-order valence-electron chi connectivity index (χ1n) is 7.03. The maximum atomic E-state index is 12.2. The highest BCUT2D eigenvalue weighted by molar-refractivity contribution is 6.31. The highest BCUT2D eigenvalue weighted by atomic mass is 35.5. The van der Waals surface area contributed by atoms with E-state index in [0.717, 1.165) is 37.1 Å². The smallest absolute Gasteiger partial charge is 0.321 e. The monoisotopic (exact) mass is 296 g/mol. The summed E-state index contributed by atoms with van der Waals surface area (Å²) in [4.78, 5) is 14.0. The predicted molar refractivity (Wildman–Crippen MR) is 81.2 cm³/mol. The summed E-state index contributed by atoms with van der Waals surface area (Å²) in [5.41, 5.74) is 1.71. The molecule has 2 N–H and O–H groups in total. The number of aliphatic hydroxyl groups is 1. The van der Waals surface area contributed by atoms with Gasteiger partial charge in [-0.2, -0.15) is 0 Å². The van der Waals surface area contributed by atoms with Crippen molar-refractivity contribution in [1.82, 2.24) is 4.90 Å². The fourth-order valence-electron chi connectivity index (χ4n) is 2.54. The van der Waals surface area contributed by atoms with Crippen LogP contribution in [0.3, 0.4) is 0 Å². The zero-order chi connectivity index (χ0) is 14.5. The number of anilines is 1. The number of halogens is 1. The van der Waals surface area contributed by atoms with Crippen LogP contribution in [-0.4, -0.2) is 35.7 Å². The van der Waals surface area contributed by atoms with Crippen LogP contribution in [0.1, 0.15) is 24.8 Å². The topological polar surface area (TPSA) is 52.6 Å². The summed E-state index contributed by atoms with van der Waals surface area (Å²) in [5, 5.41) is 12.5. The summed E-state index contributed by atoms with van der Waals surface area (Å²) in [7, 11) is 0. The van der Waals surface area contributed by atoms with Crippen molar-refractivity contribution in [2.75, 3.05) is 25.0 Å². The van der Waals surface area contributed by atoms with Crippen molar-refractivity contribution in [2.45, 2.75) is 26.2 Å². The van der Waals surface area contributed by atoms with Gasteiger partial charge in [-0.1, -0.05) is 17.7 Å². The molecule has 0 spiro atoms. The number of carbonyl (C=O) groups excluding carboxylic acids is 1. The van der Waals surface area contributed by atoms with E-state index in [-0.39, 0.29) is 12.6 Å². The number of benzene rings is 1. The molecular formula is C15H21ClN2O2. The van der Waals surface area contributed by atoms with Crippen molar-refractivity contribution < 1.29 is 9.90 Å². The van der Waals surface area contributed by atoms with Gasteiger partial charge in [-0.3, -0.25) is 0 Å². The number of rotatable bonds is 3. The van der Waals surface area contributed by atoms with E-state index in [0.29, 0.717) is 17.5 Å². The first kappa shape index (κ1) is 15.1. The molecule has 1 unspecified atom stereocenters. The molecule has 1 atom stereocenters. The van der Waals surface area contributed by atoms with Crippen LogP contribution in [0.4, 0.5) is 10.5 Å². The van der Waals surface area contributed by atoms with Crippen molar-refractivity contribution >= 4 is 23.3 Å². The third kappa shape index (κ3) is 3.87. The number of hydrogen-bond acceptors (Lipinski definition) is 2. The summed E-state index contributed by atoms with van der Waals surface area (Å²) in [6.07, 6.45) is 2.84. The Balaban J connectivity index is 1.95. The molecule has 110 valence electrons. The molecule has 1 aromatic rings. The Hall–Kier alpha value is -1.26. The van der Waals surface area contributed by atoms with Gasteiger partial charge in [0.25, 0.3) is 0 Å². The van der Waals surface area contributed by atoms with Crippen LogP contribution in [0.15, 0.2) is 18.2 Å². The molecule has 1 aliphatic rings. The molecule has 5 heteroatoms. The Morgan fingerprint density at radius 1 is 1.55 bits per heavy atom. The van der Waals surface area contributed by atoms with Crippen molar-refractivity contribution in [3.8, 4) is 0 Å². The fourth-order valence-corrected chi connectivity index (χ4v) is 2.72. The molecule has 20 heavy (non-hydrogen) atoms.